The largest absolute Gasteiger partial charge is 0.324 e. The molecule has 1 aromatic rings. The molecule has 1 fully saturated rings. The monoisotopic (exact) mass is 263 g/mol. The van der Waals surface area contributed by atoms with Gasteiger partial charge in [-0.3, -0.25) is 14.9 Å². The van der Waals surface area contributed by atoms with Crippen molar-refractivity contribution in [1.29, 1.82) is 0 Å². The molecule has 102 valence electrons. The molecule has 6 heteroatoms. The molecular weight excluding hydrogens is 246 g/mol. The molecule has 0 radical (unpaired) electrons. The minimum absolute atomic E-state index is 0.0336. The van der Waals surface area contributed by atoms with Gasteiger partial charge in [-0.05, 0) is 37.9 Å². The second-order valence-electron chi connectivity index (χ2n) is 4.75. The minimum atomic E-state index is -0.443. The normalized spacial score (nSPS) is 18.9. The van der Waals surface area contributed by atoms with E-state index in [1.165, 1.54) is 12.1 Å². The van der Waals surface area contributed by atoms with E-state index in [1.54, 1.807) is 13.0 Å². The van der Waals surface area contributed by atoms with Crippen LogP contribution in [0.15, 0.2) is 18.2 Å². The number of rotatable bonds is 3. The fraction of sp³-hybridized carbons (Fsp3) is 0.462. The molecule has 2 N–H and O–H groups in total. The maximum absolute atomic E-state index is 12.0. The van der Waals surface area contributed by atoms with Gasteiger partial charge >= 0.3 is 0 Å². The number of aryl methyl sites for hydroxylation is 1. The summed E-state index contributed by atoms with van der Waals surface area (Å²) < 4.78 is 0. The van der Waals surface area contributed by atoms with Crippen LogP contribution in [-0.4, -0.2) is 23.4 Å². The number of anilines is 1. The van der Waals surface area contributed by atoms with Crippen LogP contribution < -0.4 is 10.6 Å². The quantitative estimate of drug-likeness (QED) is 0.645. The molecule has 19 heavy (non-hydrogen) atoms. The molecule has 0 unspecified atom stereocenters. The van der Waals surface area contributed by atoms with Gasteiger partial charge in [0.25, 0.3) is 5.69 Å². The minimum Gasteiger partial charge on any atom is -0.324 e. The number of carbonyl (C=O) groups is 1. The molecule has 1 aromatic carbocycles. The number of non-ortho nitro benzene ring substituents is 1. The maximum atomic E-state index is 12.0. The third kappa shape index (κ3) is 3.29. The van der Waals surface area contributed by atoms with Gasteiger partial charge < -0.3 is 10.6 Å². The van der Waals surface area contributed by atoms with Crippen LogP contribution >= 0.6 is 0 Å². The number of amides is 1. The lowest BCUT2D eigenvalue weighted by molar-refractivity contribution is -0.384. The predicted octanol–water partition coefficient (Wildman–Crippen LogP) is 1.98. The number of carbonyl (C=O) groups excluding carboxylic acids is 1. The van der Waals surface area contributed by atoms with Crippen LogP contribution in [0.1, 0.15) is 24.8 Å². The Balaban J connectivity index is 2.06. The first-order valence-corrected chi connectivity index (χ1v) is 6.37. The highest BCUT2D eigenvalue weighted by Gasteiger charge is 2.21. The van der Waals surface area contributed by atoms with Crippen molar-refractivity contribution in [3.8, 4) is 0 Å². The number of hydrogen-bond acceptors (Lipinski definition) is 4. The molecule has 0 spiro atoms. The molecule has 1 aliphatic rings. The lowest BCUT2D eigenvalue weighted by Gasteiger charge is -2.22. The van der Waals surface area contributed by atoms with Crippen LogP contribution in [0.2, 0.25) is 0 Å². The second kappa shape index (κ2) is 5.79. The van der Waals surface area contributed by atoms with Gasteiger partial charge in [0.05, 0.1) is 11.0 Å². The summed E-state index contributed by atoms with van der Waals surface area (Å²) in [5, 5.41) is 16.6. The molecule has 1 atom stereocenters. The van der Waals surface area contributed by atoms with E-state index >= 15 is 0 Å². The highest BCUT2D eigenvalue weighted by atomic mass is 16.6. The zero-order valence-corrected chi connectivity index (χ0v) is 10.8. The maximum Gasteiger partial charge on any atom is 0.269 e. The van der Waals surface area contributed by atoms with Crippen LogP contribution in [-0.2, 0) is 4.79 Å². The Morgan fingerprint density at radius 1 is 1.47 bits per heavy atom. The number of piperidine rings is 1. The van der Waals surface area contributed by atoms with E-state index in [1.807, 2.05) is 0 Å². The SMILES string of the molecule is Cc1cc([N+](=O)[O-])ccc1NC(=O)[C@H]1CCCCN1. The molecule has 2 rings (SSSR count). The van der Waals surface area contributed by atoms with Crippen LogP contribution in [0.4, 0.5) is 11.4 Å². The highest BCUT2D eigenvalue weighted by Crippen LogP contribution is 2.21. The topological polar surface area (TPSA) is 84.3 Å². The van der Waals surface area contributed by atoms with Gasteiger partial charge in [0, 0.05) is 17.8 Å². The summed E-state index contributed by atoms with van der Waals surface area (Å²) in [6.07, 6.45) is 2.97. The van der Waals surface area contributed by atoms with E-state index in [0.29, 0.717) is 11.3 Å². The van der Waals surface area contributed by atoms with E-state index in [-0.39, 0.29) is 17.6 Å². The molecule has 0 bridgehead atoms. The number of nitrogens with one attached hydrogen (secondary N) is 2. The molecule has 1 heterocycles. The van der Waals surface area contributed by atoms with Crippen molar-refractivity contribution >= 4 is 17.3 Å². The second-order valence-corrected chi connectivity index (χ2v) is 4.75. The molecule has 0 aromatic heterocycles. The number of nitrogens with zero attached hydrogens (tertiary/aromatic N) is 1. The lowest BCUT2D eigenvalue weighted by atomic mass is 10.0. The summed E-state index contributed by atoms with van der Waals surface area (Å²) in [4.78, 5) is 22.2. The zero-order valence-electron chi connectivity index (χ0n) is 10.8. The smallest absolute Gasteiger partial charge is 0.269 e. The summed E-state index contributed by atoms with van der Waals surface area (Å²) in [7, 11) is 0. The molecule has 0 aliphatic carbocycles. The lowest BCUT2D eigenvalue weighted by Crippen LogP contribution is -2.43. The summed E-state index contributed by atoms with van der Waals surface area (Å²) in [6, 6.07) is 4.28. The first-order chi connectivity index (χ1) is 9.08. The average Bonchev–Trinajstić information content (AvgIpc) is 2.41. The summed E-state index contributed by atoms with van der Waals surface area (Å²) in [5.74, 6) is -0.0725. The van der Waals surface area contributed by atoms with Gasteiger partial charge in [-0.2, -0.15) is 0 Å². The Bertz CT molecular complexity index is 496. The van der Waals surface area contributed by atoms with E-state index in [0.717, 1.165) is 25.8 Å². The van der Waals surface area contributed by atoms with Gasteiger partial charge in [-0.1, -0.05) is 6.42 Å². The Hall–Kier alpha value is -1.95. The Labute approximate surface area is 111 Å². The van der Waals surface area contributed by atoms with Crippen molar-refractivity contribution in [2.24, 2.45) is 0 Å². The van der Waals surface area contributed by atoms with Crippen molar-refractivity contribution in [2.75, 3.05) is 11.9 Å². The number of hydrogen-bond donors (Lipinski definition) is 2. The molecule has 1 amide bonds. The predicted molar refractivity (Wildman–Crippen MR) is 72.1 cm³/mol. The van der Waals surface area contributed by atoms with Crippen molar-refractivity contribution in [3.05, 3.63) is 33.9 Å². The molecule has 1 saturated heterocycles. The summed E-state index contributed by atoms with van der Waals surface area (Å²) in [6.45, 7) is 2.61. The van der Waals surface area contributed by atoms with Gasteiger partial charge in [-0.25, -0.2) is 0 Å². The van der Waals surface area contributed by atoms with Crippen molar-refractivity contribution in [1.82, 2.24) is 5.32 Å². The van der Waals surface area contributed by atoms with Gasteiger partial charge in [0.1, 0.15) is 0 Å². The Morgan fingerprint density at radius 2 is 2.26 bits per heavy atom. The van der Waals surface area contributed by atoms with Gasteiger partial charge in [-0.15, -0.1) is 0 Å². The summed E-state index contributed by atoms with van der Waals surface area (Å²) in [5.41, 5.74) is 1.35. The molecule has 1 aliphatic heterocycles. The Kier molecular flexibility index (Phi) is 4.11. The zero-order chi connectivity index (χ0) is 13.8. The third-order valence-electron chi connectivity index (χ3n) is 3.31. The number of benzene rings is 1. The van der Waals surface area contributed by atoms with Crippen molar-refractivity contribution in [3.63, 3.8) is 0 Å². The first-order valence-electron chi connectivity index (χ1n) is 6.37. The molecular formula is C13H17N3O3. The van der Waals surface area contributed by atoms with Crippen LogP contribution in [0, 0.1) is 17.0 Å². The van der Waals surface area contributed by atoms with E-state index in [2.05, 4.69) is 10.6 Å². The molecule has 0 saturated carbocycles. The molecule has 6 nitrogen and oxygen atoms in total. The summed E-state index contributed by atoms with van der Waals surface area (Å²) >= 11 is 0. The van der Waals surface area contributed by atoms with Crippen molar-refractivity contribution in [2.45, 2.75) is 32.2 Å². The van der Waals surface area contributed by atoms with Gasteiger partial charge in [0.15, 0.2) is 0 Å². The third-order valence-corrected chi connectivity index (χ3v) is 3.31. The first kappa shape index (κ1) is 13.5. The van der Waals surface area contributed by atoms with Crippen LogP contribution in [0.3, 0.4) is 0 Å². The number of nitro groups is 1. The average molecular weight is 263 g/mol. The Morgan fingerprint density at radius 3 is 2.84 bits per heavy atom. The van der Waals surface area contributed by atoms with Crippen LogP contribution in [0.5, 0.6) is 0 Å². The van der Waals surface area contributed by atoms with E-state index in [4.69, 9.17) is 0 Å². The highest BCUT2D eigenvalue weighted by molar-refractivity contribution is 5.95. The fourth-order valence-electron chi connectivity index (χ4n) is 2.20. The van der Waals surface area contributed by atoms with Gasteiger partial charge in [0.2, 0.25) is 5.91 Å². The standard InChI is InChI=1S/C13H17N3O3/c1-9-8-10(16(18)19)5-6-11(9)15-13(17)12-4-2-3-7-14-12/h5-6,8,12,14H,2-4,7H2,1H3,(H,15,17)/t12-/m1/s1. The van der Waals surface area contributed by atoms with E-state index in [9.17, 15) is 14.9 Å². The van der Waals surface area contributed by atoms with Crippen molar-refractivity contribution < 1.29 is 9.72 Å². The fourth-order valence-corrected chi connectivity index (χ4v) is 2.20. The van der Waals surface area contributed by atoms with Crippen LogP contribution in [0.25, 0.3) is 0 Å². The number of nitro benzene ring substituents is 1. The van der Waals surface area contributed by atoms with E-state index < -0.39 is 4.92 Å².